The molecule has 5 rings (SSSR count). The van der Waals surface area contributed by atoms with Gasteiger partial charge in [0.15, 0.2) is 0 Å². The first-order valence-electron chi connectivity index (χ1n) is 19.0. The summed E-state index contributed by atoms with van der Waals surface area (Å²) in [5.41, 5.74) is 7.35. The van der Waals surface area contributed by atoms with Crippen molar-refractivity contribution in [2.45, 2.75) is 58.4 Å². The molecular formula is C45H64N2O9. The molecule has 2 aliphatic rings. The average Bonchev–Trinajstić information content (AvgIpc) is 3.19. The number of aryl methyl sites for hydroxylation is 1. The summed E-state index contributed by atoms with van der Waals surface area (Å²) in [6, 6.07) is 18.6. The van der Waals surface area contributed by atoms with Crippen LogP contribution in [0.2, 0.25) is 0 Å². The van der Waals surface area contributed by atoms with E-state index in [2.05, 4.69) is 43.4 Å². The molecule has 11 nitrogen and oxygen atoms in total. The van der Waals surface area contributed by atoms with Gasteiger partial charge in [-0.2, -0.15) is 0 Å². The Balaban J connectivity index is 0.00000420. The number of fused-ring (bicyclic) bond motifs is 1. The lowest BCUT2D eigenvalue weighted by Gasteiger charge is -2.46. The van der Waals surface area contributed by atoms with Gasteiger partial charge >= 0.3 is 11.9 Å². The molecule has 0 amide bonds. The molecule has 2 heterocycles. The molecule has 1 saturated heterocycles. The molecule has 0 aliphatic carbocycles. The average molecular weight is 777 g/mol. The third-order valence-electron chi connectivity index (χ3n) is 11.2. The van der Waals surface area contributed by atoms with Gasteiger partial charge in [-0.05, 0) is 59.0 Å². The Morgan fingerprint density at radius 3 is 2.02 bits per heavy atom. The van der Waals surface area contributed by atoms with Crippen molar-refractivity contribution in [3.8, 4) is 11.5 Å². The molecule has 56 heavy (non-hydrogen) atoms. The SMILES string of the molecule is COc1ccc(C[C@@H]2c3cc(CO)c(CO)cc3CC[N@@+]2(C)CCCOC(=O)/C=C\C(=O)OCCC[N+]2(Cc3ccc(C)c(OC)c3)CCOCC2)cc1.[CH3-].[CH3-]. The Morgan fingerprint density at radius 2 is 1.41 bits per heavy atom. The highest BCUT2D eigenvalue weighted by Crippen LogP contribution is 2.39. The molecule has 11 heteroatoms. The molecule has 2 N–H and O–H groups in total. The predicted molar refractivity (Wildman–Crippen MR) is 218 cm³/mol. The van der Waals surface area contributed by atoms with Crippen molar-refractivity contribution in [3.05, 3.63) is 121 Å². The maximum atomic E-state index is 12.6. The van der Waals surface area contributed by atoms with Crippen LogP contribution in [0.15, 0.2) is 66.7 Å². The number of likely N-dealkylation sites (N-methyl/N-ethyl adjacent to an activating group) is 1. The van der Waals surface area contributed by atoms with Crippen molar-refractivity contribution >= 4 is 11.9 Å². The number of rotatable bonds is 18. The number of quaternary nitrogens is 2. The minimum atomic E-state index is -0.580. The monoisotopic (exact) mass is 776 g/mol. The summed E-state index contributed by atoms with van der Waals surface area (Å²) in [5, 5.41) is 20.0. The number of methoxy groups -OCH3 is 2. The summed E-state index contributed by atoms with van der Waals surface area (Å²) in [6.45, 7) is 8.77. The summed E-state index contributed by atoms with van der Waals surface area (Å²) >= 11 is 0. The zero-order valence-corrected chi connectivity index (χ0v) is 34.4. The molecule has 2 atom stereocenters. The second kappa shape index (κ2) is 21.9. The molecule has 0 bridgehead atoms. The van der Waals surface area contributed by atoms with Crippen LogP contribution in [0.1, 0.15) is 57.8 Å². The Bertz CT molecular complexity index is 1740. The highest BCUT2D eigenvalue weighted by molar-refractivity contribution is 5.91. The highest BCUT2D eigenvalue weighted by atomic mass is 16.5. The third kappa shape index (κ3) is 12.1. The van der Waals surface area contributed by atoms with Crippen LogP contribution < -0.4 is 9.47 Å². The zero-order chi connectivity index (χ0) is 38.6. The fourth-order valence-electron chi connectivity index (χ4n) is 7.98. The Labute approximate surface area is 334 Å². The van der Waals surface area contributed by atoms with Crippen LogP contribution in [0.5, 0.6) is 11.5 Å². The number of nitrogens with zero attached hydrogens (tertiary/aromatic N) is 2. The lowest BCUT2D eigenvalue weighted by molar-refractivity contribution is -0.947. The minimum absolute atomic E-state index is 0. The van der Waals surface area contributed by atoms with Gasteiger partial charge in [-0.3, -0.25) is 0 Å². The van der Waals surface area contributed by atoms with E-state index in [0.29, 0.717) is 26.1 Å². The van der Waals surface area contributed by atoms with E-state index in [-0.39, 0.29) is 47.3 Å². The van der Waals surface area contributed by atoms with Crippen LogP contribution >= 0.6 is 0 Å². The maximum absolute atomic E-state index is 12.6. The van der Waals surface area contributed by atoms with E-state index in [0.717, 1.165) is 101 Å². The lowest BCUT2D eigenvalue weighted by Crippen LogP contribution is -2.55. The van der Waals surface area contributed by atoms with Crippen LogP contribution in [-0.4, -0.2) is 112 Å². The van der Waals surface area contributed by atoms with E-state index >= 15 is 0 Å². The molecule has 0 radical (unpaired) electrons. The molecule has 0 saturated carbocycles. The summed E-state index contributed by atoms with van der Waals surface area (Å²) in [5.74, 6) is 0.534. The standard InChI is InChI=1S/C43H58N2O9.2CH3/c1-32-7-8-34(26-41(32)51-4)29-45(19-23-52-24-20-45)17-6-22-54-43(49)14-13-42(48)53-21-5-16-44(2)18-15-35-27-36(30-46)37(31-47)28-39(35)40(44)25-33-9-11-38(50-3)12-10-33;;/h7-14,26-28,40,46-47H,5-6,15-25,29-31H2,1-4H3;2*1H3/q+2;2*-1/b14-13-;;/t40-,44-;;/m1../s1. The number of hydrogen-bond donors (Lipinski definition) is 2. The number of aliphatic hydroxyl groups excluding tert-OH is 2. The maximum Gasteiger partial charge on any atom is 0.331 e. The van der Waals surface area contributed by atoms with Gasteiger partial charge in [0.25, 0.3) is 0 Å². The number of morpholine rings is 1. The fraction of sp³-hybridized carbons (Fsp3) is 0.467. The highest BCUT2D eigenvalue weighted by Gasteiger charge is 2.39. The van der Waals surface area contributed by atoms with E-state index in [1.54, 1.807) is 14.2 Å². The van der Waals surface area contributed by atoms with Gasteiger partial charge in [0.2, 0.25) is 0 Å². The first kappa shape index (κ1) is 46.1. The second-order valence-electron chi connectivity index (χ2n) is 14.8. The first-order valence-corrected chi connectivity index (χ1v) is 19.0. The number of carbonyl (C=O) groups is 2. The topological polar surface area (TPSA) is 121 Å². The van der Waals surface area contributed by atoms with Gasteiger partial charge in [0.1, 0.15) is 37.2 Å². The quantitative estimate of drug-likeness (QED) is 0.0555. The summed E-state index contributed by atoms with van der Waals surface area (Å²) in [7, 11) is 5.58. The lowest BCUT2D eigenvalue weighted by atomic mass is 9.84. The van der Waals surface area contributed by atoms with Crippen molar-refractivity contribution in [1.82, 2.24) is 0 Å². The van der Waals surface area contributed by atoms with E-state index in [1.165, 1.54) is 22.3 Å². The van der Waals surface area contributed by atoms with Gasteiger partial charge in [0, 0.05) is 49.0 Å². The molecule has 0 spiro atoms. The van der Waals surface area contributed by atoms with E-state index < -0.39 is 11.9 Å². The third-order valence-corrected chi connectivity index (χ3v) is 11.2. The second-order valence-corrected chi connectivity index (χ2v) is 14.8. The fourth-order valence-corrected chi connectivity index (χ4v) is 7.98. The van der Waals surface area contributed by atoms with Crippen molar-refractivity contribution < 1.29 is 52.5 Å². The molecular weight excluding hydrogens is 712 g/mol. The largest absolute Gasteiger partial charge is 0.497 e. The Morgan fingerprint density at radius 1 is 0.804 bits per heavy atom. The molecule has 308 valence electrons. The van der Waals surface area contributed by atoms with Crippen LogP contribution in [-0.2, 0) is 56.4 Å². The number of hydrogen-bond acceptors (Lipinski definition) is 9. The van der Waals surface area contributed by atoms with Crippen molar-refractivity contribution in [3.63, 3.8) is 0 Å². The molecule has 3 aromatic rings. The summed E-state index contributed by atoms with van der Waals surface area (Å²) < 4.78 is 29.1. The predicted octanol–water partition coefficient (Wildman–Crippen LogP) is 5.65. The van der Waals surface area contributed by atoms with Gasteiger partial charge in [0.05, 0.1) is 80.5 Å². The van der Waals surface area contributed by atoms with Gasteiger partial charge in [-0.1, -0.05) is 30.3 Å². The summed E-state index contributed by atoms with van der Waals surface area (Å²) in [4.78, 5) is 25.0. The first-order chi connectivity index (χ1) is 26.1. The minimum Gasteiger partial charge on any atom is -0.497 e. The van der Waals surface area contributed by atoms with Crippen LogP contribution in [0, 0.1) is 21.8 Å². The van der Waals surface area contributed by atoms with Gasteiger partial charge in [-0.25, -0.2) is 9.59 Å². The van der Waals surface area contributed by atoms with E-state index in [1.807, 2.05) is 25.1 Å². The number of esters is 2. The number of benzene rings is 3. The van der Waals surface area contributed by atoms with Gasteiger partial charge in [-0.15, -0.1) is 0 Å². The Hall–Kier alpha value is -4.26. The molecule has 0 aromatic heterocycles. The van der Waals surface area contributed by atoms with Crippen molar-refractivity contribution in [1.29, 1.82) is 0 Å². The van der Waals surface area contributed by atoms with Crippen molar-refractivity contribution in [2.75, 3.05) is 80.4 Å². The molecule has 2 aliphatic heterocycles. The molecule has 3 aromatic carbocycles. The molecule has 0 unspecified atom stereocenters. The van der Waals surface area contributed by atoms with Gasteiger partial charge < -0.3 is 57.7 Å². The smallest absolute Gasteiger partial charge is 0.331 e. The Kier molecular flexibility index (Phi) is 18.0. The van der Waals surface area contributed by atoms with Crippen LogP contribution in [0.3, 0.4) is 0 Å². The number of carbonyl (C=O) groups excluding carboxylic acids is 2. The van der Waals surface area contributed by atoms with Crippen LogP contribution in [0.25, 0.3) is 0 Å². The zero-order valence-electron chi connectivity index (χ0n) is 34.4. The molecule has 1 fully saturated rings. The number of ether oxygens (including phenoxy) is 5. The normalized spacial score (nSPS) is 18.6. The summed E-state index contributed by atoms with van der Waals surface area (Å²) in [6.07, 6.45) is 5.22. The van der Waals surface area contributed by atoms with E-state index in [4.69, 9.17) is 23.7 Å². The van der Waals surface area contributed by atoms with E-state index in [9.17, 15) is 19.8 Å². The van der Waals surface area contributed by atoms with Crippen LogP contribution in [0.4, 0.5) is 0 Å². The van der Waals surface area contributed by atoms with Crippen molar-refractivity contribution in [2.24, 2.45) is 0 Å². The number of aliphatic hydroxyl groups is 2.